The Morgan fingerprint density at radius 2 is 1.49 bits per heavy atom. The largest absolute Gasteiger partial charge is 0.493 e. The van der Waals surface area contributed by atoms with Crippen molar-refractivity contribution < 1.29 is 13.2 Å². The number of unbranched alkanes of at least 4 members (excludes halogenated alkanes) is 2. The molecule has 3 aromatic carbocycles. The quantitative estimate of drug-likeness (QED) is 0.219. The number of halogens is 2. The summed E-state index contributed by atoms with van der Waals surface area (Å²) in [4.78, 5) is 2.77. The zero-order chi connectivity index (χ0) is 25.2. The molecule has 0 aromatic heterocycles. The maximum atomic E-state index is 13.7. The molecule has 4 rings (SSSR count). The van der Waals surface area contributed by atoms with Crippen LogP contribution in [0.15, 0.2) is 83.8 Å². The minimum atomic E-state index is -3.81. The van der Waals surface area contributed by atoms with E-state index in [-0.39, 0.29) is 23.8 Å². The number of hydrogen-bond donors (Lipinski definition) is 0. The average molecular weight is 564 g/mol. The molecule has 0 unspecified atom stereocenters. The highest BCUT2D eigenvalue weighted by atomic mass is 35.5. The zero-order valence-electron chi connectivity index (χ0n) is 21.1. The first-order valence-corrected chi connectivity index (χ1v) is 14.6. The maximum absolute atomic E-state index is 13.7. The minimum absolute atomic E-state index is 0. The Balaban J connectivity index is 0.00000380. The van der Waals surface area contributed by atoms with Crippen LogP contribution in [0.3, 0.4) is 0 Å². The van der Waals surface area contributed by atoms with Crippen molar-refractivity contribution >= 4 is 39.7 Å². The molecule has 1 aliphatic heterocycles. The van der Waals surface area contributed by atoms with Crippen molar-refractivity contribution in [1.29, 1.82) is 0 Å². The third-order valence-corrected chi connectivity index (χ3v) is 8.60. The van der Waals surface area contributed by atoms with Gasteiger partial charge in [0.2, 0.25) is 0 Å². The van der Waals surface area contributed by atoms with Crippen molar-refractivity contribution in [2.75, 3.05) is 30.5 Å². The number of likely N-dealkylation sites (tertiary alicyclic amines) is 1. The van der Waals surface area contributed by atoms with Crippen molar-refractivity contribution in [1.82, 2.24) is 4.90 Å². The van der Waals surface area contributed by atoms with E-state index in [9.17, 15) is 8.42 Å². The number of sulfonamides is 1. The van der Waals surface area contributed by atoms with Crippen LogP contribution in [0.2, 0.25) is 5.02 Å². The first kappa shape index (κ1) is 29.3. The van der Waals surface area contributed by atoms with Crippen LogP contribution in [-0.2, 0) is 16.6 Å². The molecule has 1 heterocycles. The van der Waals surface area contributed by atoms with Gasteiger partial charge in [-0.25, -0.2) is 8.42 Å². The molecule has 1 saturated heterocycles. The molecular formula is C29H36Cl2N2O3S. The summed E-state index contributed by atoms with van der Waals surface area (Å²) in [6.45, 7) is 4.43. The van der Waals surface area contributed by atoms with Gasteiger partial charge in [0.15, 0.2) is 0 Å². The van der Waals surface area contributed by atoms with Gasteiger partial charge in [0.1, 0.15) is 5.75 Å². The summed E-state index contributed by atoms with van der Waals surface area (Å²) < 4.78 is 34.9. The van der Waals surface area contributed by atoms with Crippen LogP contribution in [0.4, 0.5) is 5.69 Å². The second kappa shape index (κ2) is 14.6. The molecule has 0 amide bonds. The van der Waals surface area contributed by atoms with E-state index in [1.165, 1.54) is 49.6 Å². The summed E-state index contributed by atoms with van der Waals surface area (Å²) in [5.74, 6) is 0.723. The monoisotopic (exact) mass is 562 g/mol. The fourth-order valence-electron chi connectivity index (χ4n) is 4.55. The molecule has 0 radical (unpaired) electrons. The van der Waals surface area contributed by atoms with E-state index in [4.69, 9.17) is 16.3 Å². The Kier molecular flexibility index (Phi) is 11.6. The summed E-state index contributed by atoms with van der Waals surface area (Å²) in [6, 6.07) is 23.1. The predicted molar refractivity (Wildman–Crippen MR) is 155 cm³/mol. The Morgan fingerprint density at radius 1 is 0.811 bits per heavy atom. The number of piperidine rings is 1. The Hall–Kier alpha value is -2.25. The summed E-state index contributed by atoms with van der Waals surface area (Å²) in [7, 11) is -3.81. The van der Waals surface area contributed by atoms with Crippen LogP contribution in [0.1, 0.15) is 44.1 Å². The van der Waals surface area contributed by atoms with Crippen molar-refractivity contribution in [2.24, 2.45) is 0 Å². The van der Waals surface area contributed by atoms with Gasteiger partial charge in [-0.1, -0.05) is 54.4 Å². The van der Waals surface area contributed by atoms with Gasteiger partial charge in [0, 0.05) is 10.6 Å². The molecular weight excluding hydrogens is 527 g/mol. The molecule has 0 aliphatic carbocycles. The smallest absolute Gasteiger partial charge is 0.264 e. The van der Waals surface area contributed by atoms with Gasteiger partial charge in [-0.3, -0.25) is 4.31 Å². The van der Waals surface area contributed by atoms with Crippen molar-refractivity contribution in [3.63, 3.8) is 0 Å². The van der Waals surface area contributed by atoms with E-state index >= 15 is 0 Å². The fourth-order valence-corrected chi connectivity index (χ4v) is 6.12. The standard InChI is InChI=1S/C29H35ClN2O3S.ClH/c30-26-16-18-28(19-17-26)36(33,34)32(27-13-4-1-5-14-27)24-25-12-6-7-15-29(25)35-23-11-3-10-22-31-20-8-2-9-21-31;/h1,4-7,12-19H,2-3,8-11,20-24H2;1H. The number of para-hydroxylation sites is 2. The van der Waals surface area contributed by atoms with E-state index in [1.54, 1.807) is 36.4 Å². The van der Waals surface area contributed by atoms with Gasteiger partial charge in [-0.15, -0.1) is 12.4 Å². The second-order valence-corrected chi connectivity index (χ2v) is 11.5. The van der Waals surface area contributed by atoms with Gasteiger partial charge in [0.05, 0.1) is 23.7 Å². The molecule has 0 bridgehead atoms. The van der Waals surface area contributed by atoms with Crippen molar-refractivity contribution in [2.45, 2.75) is 50.0 Å². The van der Waals surface area contributed by atoms with Crippen LogP contribution in [0.25, 0.3) is 0 Å². The number of anilines is 1. The first-order valence-electron chi connectivity index (χ1n) is 12.8. The lowest BCUT2D eigenvalue weighted by Gasteiger charge is -2.26. The Labute approximate surface area is 232 Å². The van der Waals surface area contributed by atoms with Crippen molar-refractivity contribution in [3.8, 4) is 5.75 Å². The Morgan fingerprint density at radius 3 is 2.22 bits per heavy atom. The SMILES string of the molecule is Cl.O=S(=O)(c1ccc(Cl)cc1)N(Cc1ccccc1OCCCCCN1CCCCC1)c1ccccc1. The second-order valence-electron chi connectivity index (χ2n) is 9.22. The van der Waals surface area contributed by atoms with Gasteiger partial charge >= 0.3 is 0 Å². The zero-order valence-corrected chi connectivity index (χ0v) is 23.5. The molecule has 0 atom stereocenters. The lowest BCUT2D eigenvalue weighted by atomic mass is 10.1. The fraction of sp³-hybridized carbons (Fsp3) is 0.379. The number of ether oxygens (including phenoxy) is 1. The molecule has 200 valence electrons. The summed E-state index contributed by atoms with van der Waals surface area (Å²) in [6.07, 6.45) is 7.31. The number of nitrogens with zero attached hydrogens (tertiary/aromatic N) is 2. The topological polar surface area (TPSA) is 49.9 Å². The molecule has 0 saturated carbocycles. The summed E-state index contributed by atoms with van der Waals surface area (Å²) >= 11 is 6.00. The van der Waals surface area contributed by atoms with E-state index in [1.807, 2.05) is 42.5 Å². The highest BCUT2D eigenvalue weighted by Gasteiger charge is 2.26. The van der Waals surface area contributed by atoms with Crippen LogP contribution >= 0.6 is 24.0 Å². The van der Waals surface area contributed by atoms with E-state index in [0.29, 0.717) is 17.3 Å². The van der Waals surface area contributed by atoms with E-state index < -0.39 is 10.0 Å². The highest BCUT2D eigenvalue weighted by Crippen LogP contribution is 2.29. The molecule has 37 heavy (non-hydrogen) atoms. The van der Waals surface area contributed by atoms with E-state index in [0.717, 1.165) is 24.2 Å². The summed E-state index contributed by atoms with van der Waals surface area (Å²) in [5, 5.41) is 0.495. The van der Waals surface area contributed by atoms with Crippen molar-refractivity contribution in [3.05, 3.63) is 89.4 Å². The molecule has 0 N–H and O–H groups in total. The molecule has 8 heteroatoms. The molecule has 0 spiro atoms. The molecule has 1 fully saturated rings. The van der Waals surface area contributed by atoms with E-state index in [2.05, 4.69) is 4.90 Å². The lowest BCUT2D eigenvalue weighted by molar-refractivity contribution is 0.221. The molecule has 1 aliphatic rings. The van der Waals surface area contributed by atoms with Gasteiger partial charge in [-0.05, 0) is 94.2 Å². The third-order valence-electron chi connectivity index (χ3n) is 6.56. The first-order chi connectivity index (χ1) is 17.5. The number of rotatable bonds is 12. The Bertz CT molecular complexity index is 1190. The van der Waals surface area contributed by atoms with Gasteiger partial charge < -0.3 is 9.64 Å². The van der Waals surface area contributed by atoms with Crippen LogP contribution in [-0.4, -0.2) is 39.6 Å². The van der Waals surface area contributed by atoms with Crippen LogP contribution < -0.4 is 9.04 Å². The number of hydrogen-bond acceptors (Lipinski definition) is 4. The third kappa shape index (κ3) is 8.37. The van der Waals surface area contributed by atoms with Crippen LogP contribution in [0, 0.1) is 0 Å². The van der Waals surface area contributed by atoms with Gasteiger partial charge in [0.25, 0.3) is 10.0 Å². The number of benzene rings is 3. The molecule has 5 nitrogen and oxygen atoms in total. The predicted octanol–water partition coefficient (Wildman–Crippen LogP) is 7.19. The highest BCUT2D eigenvalue weighted by molar-refractivity contribution is 7.92. The van der Waals surface area contributed by atoms with Crippen LogP contribution in [0.5, 0.6) is 5.75 Å². The lowest BCUT2D eigenvalue weighted by Crippen LogP contribution is -2.30. The van der Waals surface area contributed by atoms with Gasteiger partial charge in [-0.2, -0.15) is 0 Å². The maximum Gasteiger partial charge on any atom is 0.264 e. The average Bonchev–Trinajstić information content (AvgIpc) is 2.91. The molecule has 3 aromatic rings. The summed E-state index contributed by atoms with van der Waals surface area (Å²) in [5.41, 5.74) is 1.42. The minimum Gasteiger partial charge on any atom is -0.493 e. The normalized spacial score (nSPS) is 14.1.